The molecule has 3 rings (SSSR count). The highest BCUT2D eigenvalue weighted by atomic mass is 32.2. The molecule has 1 heterocycles. The first-order valence-electron chi connectivity index (χ1n) is 8.94. The van der Waals surface area contributed by atoms with Crippen molar-refractivity contribution in [3.8, 4) is 5.75 Å². The Balaban J connectivity index is 1.62. The molecule has 0 amide bonds. The minimum Gasteiger partial charge on any atom is -0.497 e. The Morgan fingerprint density at radius 3 is 2.23 bits per heavy atom. The number of anilines is 1. The van der Waals surface area contributed by atoms with Gasteiger partial charge >= 0.3 is 0 Å². The van der Waals surface area contributed by atoms with E-state index in [2.05, 4.69) is 16.5 Å². The maximum absolute atomic E-state index is 12.5. The van der Waals surface area contributed by atoms with E-state index in [1.165, 1.54) is 30.5 Å². The van der Waals surface area contributed by atoms with E-state index >= 15 is 0 Å². The van der Waals surface area contributed by atoms with Crippen LogP contribution in [-0.2, 0) is 16.6 Å². The van der Waals surface area contributed by atoms with E-state index in [4.69, 9.17) is 4.74 Å². The molecule has 2 aromatic carbocycles. The number of sulfonamides is 1. The highest BCUT2D eigenvalue weighted by Crippen LogP contribution is 2.21. The van der Waals surface area contributed by atoms with E-state index in [0.717, 1.165) is 25.6 Å². The van der Waals surface area contributed by atoms with Gasteiger partial charge in [0, 0.05) is 12.2 Å². The summed E-state index contributed by atoms with van der Waals surface area (Å²) in [6.45, 7) is 5.49. The Hall–Kier alpha value is -2.05. The van der Waals surface area contributed by atoms with Gasteiger partial charge in [0.1, 0.15) is 5.75 Å². The molecule has 0 aliphatic carbocycles. The number of methoxy groups -OCH3 is 1. The topological polar surface area (TPSA) is 58.6 Å². The molecule has 1 aliphatic rings. The van der Waals surface area contributed by atoms with E-state index in [0.29, 0.717) is 11.4 Å². The highest BCUT2D eigenvalue weighted by molar-refractivity contribution is 7.92. The Labute approximate surface area is 156 Å². The molecule has 0 aromatic heterocycles. The average molecular weight is 375 g/mol. The maximum Gasteiger partial charge on any atom is 0.261 e. The van der Waals surface area contributed by atoms with Gasteiger partial charge in [0.25, 0.3) is 10.0 Å². The summed E-state index contributed by atoms with van der Waals surface area (Å²) in [5.41, 5.74) is 1.77. The summed E-state index contributed by atoms with van der Waals surface area (Å²) in [4.78, 5) is 2.67. The molecule has 26 heavy (non-hydrogen) atoms. The Bertz CT molecular complexity index is 809. The van der Waals surface area contributed by atoms with Gasteiger partial charge in [0.15, 0.2) is 0 Å². The lowest BCUT2D eigenvalue weighted by molar-refractivity contribution is 0.185. The lowest BCUT2D eigenvalue weighted by Gasteiger charge is -2.30. The second-order valence-corrected chi connectivity index (χ2v) is 8.62. The van der Waals surface area contributed by atoms with Crippen LogP contribution in [0.3, 0.4) is 0 Å². The minimum absolute atomic E-state index is 0.213. The summed E-state index contributed by atoms with van der Waals surface area (Å²) in [5.74, 6) is 1.45. The van der Waals surface area contributed by atoms with Crippen molar-refractivity contribution in [2.45, 2.75) is 31.2 Å². The summed E-state index contributed by atoms with van der Waals surface area (Å²) < 4.78 is 32.6. The molecule has 0 saturated carbocycles. The monoisotopic (exact) mass is 374 g/mol. The van der Waals surface area contributed by atoms with Crippen LogP contribution in [-0.4, -0.2) is 33.5 Å². The van der Waals surface area contributed by atoms with E-state index in [1.807, 2.05) is 24.3 Å². The van der Waals surface area contributed by atoms with Crippen LogP contribution in [0.5, 0.6) is 5.75 Å². The number of nitrogens with zero attached hydrogens (tertiary/aromatic N) is 1. The molecule has 0 atom stereocenters. The quantitative estimate of drug-likeness (QED) is 0.837. The van der Waals surface area contributed by atoms with Gasteiger partial charge in [0.05, 0.1) is 12.0 Å². The van der Waals surface area contributed by atoms with Crippen LogP contribution in [0.1, 0.15) is 25.3 Å². The Kier molecular flexibility index (Phi) is 5.84. The third-order valence-corrected chi connectivity index (χ3v) is 6.26. The standard InChI is InChI=1S/C20H26N2O3S/c1-16-11-13-22(14-12-16)15-17-3-5-18(6-4-17)21-26(23,24)20-9-7-19(25-2)8-10-20/h3-10,16,21H,11-15H2,1-2H3. The molecule has 0 spiro atoms. The molecule has 1 aliphatic heterocycles. The lowest BCUT2D eigenvalue weighted by Crippen LogP contribution is -2.32. The number of nitrogens with one attached hydrogen (secondary N) is 1. The Morgan fingerprint density at radius 1 is 1.04 bits per heavy atom. The van der Waals surface area contributed by atoms with Gasteiger partial charge in [-0.2, -0.15) is 0 Å². The van der Waals surface area contributed by atoms with E-state index < -0.39 is 10.0 Å². The molecule has 140 valence electrons. The SMILES string of the molecule is COc1ccc(S(=O)(=O)Nc2ccc(CN3CCC(C)CC3)cc2)cc1. The molecule has 6 heteroatoms. The van der Waals surface area contributed by atoms with Crippen LogP contribution in [0, 0.1) is 5.92 Å². The van der Waals surface area contributed by atoms with Crippen molar-refractivity contribution < 1.29 is 13.2 Å². The molecule has 0 unspecified atom stereocenters. The predicted molar refractivity (Wildman–Crippen MR) is 104 cm³/mol. The van der Waals surface area contributed by atoms with Crippen LogP contribution in [0.2, 0.25) is 0 Å². The fourth-order valence-corrected chi connectivity index (χ4v) is 4.18. The summed E-state index contributed by atoms with van der Waals surface area (Å²) in [7, 11) is -2.05. The third-order valence-electron chi connectivity index (χ3n) is 4.86. The van der Waals surface area contributed by atoms with Crippen LogP contribution in [0.15, 0.2) is 53.4 Å². The second-order valence-electron chi connectivity index (χ2n) is 6.94. The van der Waals surface area contributed by atoms with Gasteiger partial charge in [-0.1, -0.05) is 19.1 Å². The zero-order valence-electron chi connectivity index (χ0n) is 15.3. The number of hydrogen-bond donors (Lipinski definition) is 1. The van der Waals surface area contributed by atoms with Crippen molar-refractivity contribution in [2.24, 2.45) is 5.92 Å². The number of benzene rings is 2. The molecule has 1 N–H and O–H groups in total. The number of likely N-dealkylation sites (tertiary alicyclic amines) is 1. The molecule has 1 saturated heterocycles. The highest BCUT2D eigenvalue weighted by Gasteiger charge is 2.16. The average Bonchev–Trinajstić information content (AvgIpc) is 2.65. The maximum atomic E-state index is 12.5. The lowest BCUT2D eigenvalue weighted by atomic mass is 9.99. The summed E-state index contributed by atoms with van der Waals surface area (Å²) in [5, 5.41) is 0. The van der Waals surface area contributed by atoms with Gasteiger partial charge in [0.2, 0.25) is 0 Å². The van der Waals surface area contributed by atoms with E-state index in [-0.39, 0.29) is 4.90 Å². The summed E-state index contributed by atoms with van der Waals surface area (Å²) in [6.07, 6.45) is 2.50. The molecular weight excluding hydrogens is 348 g/mol. The molecule has 0 radical (unpaired) electrons. The number of ether oxygens (including phenoxy) is 1. The van der Waals surface area contributed by atoms with Crippen molar-refractivity contribution in [1.82, 2.24) is 4.90 Å². The van der Waals surface area contributed by atoms with Crippen LogP contribution in [0.25, 0.3) is 0 Å². The number of rotatable bonds is 6. The number of hydrogen-bond acceptors (Lipinski definition) is 4. The van der Waals surface area contributed by atoms with Gasteiger partial charge in [-0.05, 0) is 73.8 Å². The smallest absolute Gasteiger partial charge is 0.261 e. The first kappa shape index (κ1) is 18.7. The van der Waals surface area contributed by atoms with E-state index in [9.17, 15) is 8.42 Å². The van der Waals surface area contributed by atoms with E-state index in [1.54, 1.807) is 19.2 Å². The zero-order chi connectivity index (χ0) is 18.6. The predicted octanol–water partition coefficient (Wildman–Crippen LogP) is 3.73. The van der Waals surface area contributed by atoms with Gasteiger partial charge < -0.3 is 4.74 Å². The van der Waals surface area contributed by atoms with Gasteiger partial charge in [-0.3, -0.25) is 9.62 Å². The third kappa shape index (κ3) is 4.77. The fourth-order valence-electron chi connectivity index (χ4n) is 3.13. The Morgan fingerprint density at radius 2 is 1.65 bits per heavy atom. The van der Waals surface area contributed by atoms with Crippen molar-refractivity contribution in [3.05, 3.63) is 54.1 Å². The second kappa shape index (κ2) is 8.10. The normalized spacial score (nSPS) is 16.4. The molecule has 2 aromatic rings. The van der Waals surface area contributed by atoms with Crippen molar-refractivity contribution in [3.63, 3.8) is 0 Å². The summed E-state index contributed by atoms with van der Waals surface area (Å²) >= 11 is 0. The van der Waals surface area contributed by atoms with Crippen LogP contribution < -0.4 is 9.46 Å². The van der Waals surface area contributed by atoms with Crippen molar-refractivity contribution in [1.29, 1.82) is 0 Å². The van der Waals surface area contributed by atoms with Gasteiger partial charge in [-0.15, -0.1) is 0 Å². The zero-order valence-corrected chi connectivity index (χ0v) is 16.1. The minimum atomic E-state index is -3.60. The molecule has 0 bridgehead atoms. The first-order chi connectivity index (χ1) is 12.5. The van der Waals surface area contributed by atoms with Gasteiger partial charge in [-0.25, -0.2) is 8.42 Å². The summed E-state index contributed by atoms with van der Waals surface area (Å²) in [6, 6.07) is 14.0. The first-order valence-corrected chi connectivity index (χ1v) is 10.4. The molecule has 1 fully saturated rings. The van der Waals surface area contributed by atoms with Crippen LogP contribution in [0.4, 0.5) is 5.69 Å². The van der Waals surface area contributed by atoms with Crippen molar-refractivity contribution in [2.75, 3.05) is 24.9 Å². The molecular formula is C20H26N2O3S. The van der Waals surface area contributed by atoms with Crippen LogP contribution >= 0.6 is 0 Å². The largest absolute Gasteiger partial charge is 0.497 e. The van der Waals surface area contributed by atoms with Crippen molar-refractivity contribution >= 4 is 15.7 Å². The molecule has 5 nitrogen and oxygen atoms in total. The fraction of sp³-hybridized carbons (Fsp3) is 0.400. The number of piperidine rings is 1.